The molecule has 0 bridgehead atoms. The normalized spacial score (nSPS) is 14.0. The summed E-state index contributed by atoms with van der Waals surface area (Å²) in [4.78, 5) is 31.9. The average Bonchev–Trinajstić information content (AvgIpc) is 2.78. The zero-order valence-electron chi connectivity index (χ0n) is 16.9. The summed E-state index contributed by atoms with van der Waals surface area (Å²) in [5.74, 6) is -0.353. The van der Waals surface area contributed by atoms with Crippen molar-refractivity contribution in [3.8, 4) is 0 Å². The Labute approximate surface area is 191 Å². The first-order chi connectivity index (χ1) is 14.9. The SMILES string of the molecule is CC(NC(=O)c1ccccc1Cl)c1cc2c(cn1)N(C(=O)c1cccc(Cl)c1)CCC2. The van der Waals surface area contributed by atoms with E-state index in [1.165, 1.54) is 0 Å². The molecule has 2 aromatic carbocycles. The first-order valence-electron chi connectivity index (χ1n) is 10.1. The van der Waals surface area contributed by atoms with Crippen LogP contribution in [-0.2, 0) is 6.42 Å². The van der Waals surface area contributed by atoms with Gasteiger partial charge in [-0.25, -0.2) is 0 Å². The van der Waals surface area contributed by atoms with E-state index in [0.29, 0.717) is 27.7 Å². The van der Waals surface area contributed by atoms with Crippen molar-refractivity contribution in [1.29, 1.82) is 0 Å². The Bertz CT molecular complexity index is 1150. The quantitative estimate of drug-likeness (QED) is 0.569. The lowest BCUT2D eigenvalue weighted by atomic mass is 10.00. The van der Waals surface area contributed by atoms with E-state index in [0.717, 1.165) is 29.8 Å². The number of nitrogens with one attached hydrogen (secondary N) is 1. The minimum atomic E-state index is -0.312. The van der Waals surface area contributed by atoms with Crippen molar-refractivity contribution in [2.24, 2.45) is 0 Å². The summed E-state index contributed by atoms with van der Waals surface area (Å²) in [7, 11) is 0. The van der Waals surface area contributed by atoms with Gasteiger partial charge < -0.3 is 10.2 Å². The van der Waals surface area contributed by atoms with Crippen LogP contribution in [0.1, 0.15) is 51.4 Å². The summed E-state index contributed by atoms with van der Waals surface area (Å²) in [6, 6.07) is 15.5. The highest BCUT2D eigenvalue weighted by Crippen LogP contribution is 2.30. The fourth-order valence-electron chi connectivity index (χ4n) is 3.72. The fraction of sp³-hybridized carbons (Fsp3) is 0.208. The standard InChI is InChI=1S/C24H21Cl2N3O2/c1-15(28-23(30)19-9-2-3-10-20(19)26)21-13-16-7-5-11-29(22(16)14-27-21)24(31)17-6-4-8-18(25)12-17/h2-4,6,8-10,12-15H,5,7,11H2,1H3,(H,28,30). The van der Waals surface area contributed by atoms with Crippen LogP contribution in [0.4, 0.5) is 5.69 Å². The van der Waals surface area contributed by atoms with E-state index < -0.39 is 0 Å². The highest BCUT2D eigenvalue weighted by atomic mass is 35.5. The molecule has 0 fully saturated rings. The summed E-state index contributed by atoms with van der Waals surface area (Å²) < 4.78 is 0. The van der Waals surface area contributed by atoms with Crippen molar-refractivity contribution in [1.82, 2.24) is 10.3 Å². The lowest BCUT2D eigenvalue weighted by Gasteiger charge is -2.30. The van der Waals surface area contributed by atoms with E-state index in [9.17, 15) is 9.59 Å². The van der Waals surface area contributed by atoms with E-state index in [1.807, 2.05) is 13.0 Å². The van der Waals surface area contributed by atoms with Crippen LogP contribution < -0.4 is 10.2 Å². The van der Waals surface area contributed by atoms with Crippen LogP contribution in [0.5, 0.6) is 0 Å². The molecule has 1 aromatic heterocycles. The first-order valence-corrected chi connectivity index (χ1v) is 10.8. The Morgan fingerprint density at radius 1 is 1.10 bits per heavy atom. The van der Waals surface area contributed by atoms with Gasteiger partial charge in [0.15, 0.2) is 0 Å². The highest BCUT2D eigenvalue weighted by molar-refractivity contribution is 6.33. The molecule has 4 rings (SSSR count). The predicted octanol–water partition coefficient (Wildman–Crippen LogP) is 5.47. The van der Waals surface area contributed by atoms with E-state index in [2.05, 4.69) is 10.3 Å². The molecule has 0 spiro atoms. The molecule has 7 heteroatoms. The minimum Gasteiger partial charge on any atom is -0.344 e. The van der Waals surface area contributed by atoms with Crippen LogP contribution in [0.3, 0.4) is 0 Å². The van der Waals surface area contributed by atoms with Crippen molar-refractivity contribution in [2.45, 2.75) is 25.8 Å². The third-order valence-corrected chi connectivity index (χ3v) is 5.90. The largest absolute Gasteiger partial charge is 0.344 e. The zero-order chi connectivity index (χ0) is 22.0. The number of pyridine rings is 1. The number of hydrogen-bond donors (Lipinski definition) is 1. The molecule has 3 aromatic rings. The molecule has 2 amide bonds. The Kier molecular flexibility index (Phi) is 6.25. The lowest BCUT2D eigenvalue weighted by Crippen LogP contribution is -2.36. The van der Waals surface area contributed by atoms with Gasteiger partial charge in [-0.15, -0.1) is 0 Å². The molecule has 1 unspecified atom stereocenters. The maximum absolute atomic E-state index is 13.0. The first kappa shape index (κ1) is 21.3. The summed E-state index contributed by atoms with van der Waals surface area (Å²) in [5, 5.41) is 3.88. The summed E-state index contributed by atoms with van der Waals surface area (Å²) >= 11 is 12.2. The van der Waals surface area contributed by atoms with Gasteiger partial charge in [-0.3, -0.25) is 14.6 Å². The molecular weight excluding hydrogens is 433 g/mol. The van der Waals surface area contributed by atoms with Gasteiger partial charge in [0.25, 0.3) is 11.8 Å². The third kappa shape index (κ3) is 4.58. The number of amides is 2. The molecule has 158 valence electrons. The van der Waals surface area contributed by atoms with Crippen LogP contribution in [0, 0.1) is 0 Å². The van der Waals surface area contributed by atoms with Gasteiger partial charge in [0.1, 0.15) is 0 Å². The summed E-state index contributed by atoms with van der Waals surface area (Å²) in [5.41, 5.74) is 3.53. The van der Waals surface area contributed by atoms with E-state index >= 15 is 0 Å². The topological polar surface area (TPSA) is 62.3 Å². The molecule has 2 heterocycles. The van der Waals surface area contributed by atoms with E-state index in [1.54, 1.807) is 59.6 Å². The van der Waals surface area contributed by atoms with Crippen LogP contribution in [-0.4, -0.2) is 23.3 Å². The van der Waals surface area contributed by atoms with Gasteiger partial charge in [0.2, 0.25) is 0 Å². The molecule has 0 saturated carbocycles. The highest BCUT2D eigenvalue weighted by Gasteiger charge is 2.25. The molecular formula is C24H21Cl2N3O2. The number of aryl methyl sites for hydroxylation is 1. The van der Waals surface area contributed by atoms with Gasteiger partial charge in [-0.1, -0.05) is 41.4 Å². The van der Waals surface area contributed by atoms with Crippen LogP contribution in [0.15, 0.2) is 60.8 Å². The maximum atomic E-state index is 13.0. The summed E-state index contributed by atoms with van der Waals surface area (Å²) in [6.07, 6.45) is 3.41. The number of halogens is 2. The van der Waals surface area contributed by atoms with Crippen molar-refractivity contribution >= 4 is 40.7 Å². The number of aromatic nitrogens is 1. The molecule has 1 atom stereocenters. The molecule has 1 aliphatic rings. The number of fused-ring (bicyclic) bond motifs is 1. The lowest BCUT2D eigenvalue weighted by molar-refractivity contribution is 0.0938. The van der Waals surface area contributed by atoms with Crippen molar-refractivity contribution < 1.29 is 9.59 Å². The second kappa shape index (κ2) is 9.08. The van der Waals surface area contributed by atoms with Gasteiger partial charge >= 0.3 is 0 Å². The Hall–Kier alpha value is -2.89. The van der Waals surface area contributed by atoms with Gasteiger partial charge in [-0.05, 0) is 61.7 Å². The number of carbonyl (C=O) groups excluding carboxylic acids is 2. The number of rotatable bonds is 4. The van der Waals surface area contributed by atoms with Gasteiger partial charge in [0.05, 0.1) is 34.2 Å². The third-order valence-electron chi connectivity index (χ3n) is 5.33. The number of carbonyl (C=O) groups is 2. The number of nitrogens with zero attached hydrogens (tertiary/aromatic N) is 2. The second-order valence-electron chi connectivity index (χ2n) is 7.48. The molecule has 1 N–H and O–H groups in total. The molecule has 1 aliphatic heterocycles. The van der Waals surface area contributed by atoms with Crippen LogP contribution >= 0.6 is 23.2 Å². The van der Waals surface area contributed by atoms with Crippen LogP contribution in [0.25, 0.3) is 0 Å². The monoisotopic (exact) mass is 453 g/mol. The minimum absolute atomic E-state index is 0.0990. The Balaban J connectivity index is 1.55. The maximum Gasteiger partial charge on any atom is 0.258 e. The smallest absolute Gasteiger partial charge is 0.258 e. The Morgan fingerprint density at radius 2 is 1.90 bits per heavy atom. The number of hydrogen-bond acceptors (Lipinski definition) is 3. The van der Waals surface area contributed by atoms with Crippen molar-refractivity contribution in [3.05, 3.63) is 93.2 Å². The van der Waals surface area contributed by atoms with Crippen LogP contribution in [0.2, 0.25) is 10.0 Å². The van der Waals surface area contributed by atoms with Crippen molar-refractivity contribution in [2.75, 3.05) is 11.4 Å². The van der Waals surface area contributed by atoms with E-state index in [-0.39, 0.29) is 17.9 Å². The summed E-state index contributed by atoms with van der Waals surface area (Å²) in [6.45, 7) is 2.50. The molecule has 31 heavy (non-hydrogen) atoms. The zero-order valence-corrected chi connectivity index (χ0v) is 18.5. The molecule has 0 saturated heterocycles. The van der Waals surface area contributed by atoms with Crippen molar-refractivity contribution in [3.63, 3.8) is 0 Å². The Morgan fingerprint density at radius 3 is 2.68 bits per heavy atom. The van der Waals surface area contributed by atoms with Gasteiger partial charge in [-0.2, -0.15) is 0 Å². The average molecular weight is 454 g/mol. The fourth-order valence-corrected chi connectivity index (χ4v) is 4.13. The van der Waals surface area contributed by atoms with Gasteiger partial charge in [0, 0.05) is 17.1 Å². The molecule has 5 nitrogen and oxygen atoms in total. The number of anilines is 1. The molecule has 0 radical (unpaired) electrons. The predicted molar refractivity (Wildman–Crippen MR) is 123 cm³/mol. The number of benzene rings is 2. The molecule has 0 aliphatic carbocycles. The second-order valence-corrected chi connectivity index (χ2v) is 8.33. The van der Waals surface area contributed by atoms with E-state index in [4.69, 9.17) is 23.2 Å².